The fourth-order valence-electron chi connectivity index (χ4n) is 2.72. The minimum Gasteiger partial charge on any atom is -0.493 e. The van der Waals surface area contributed by atoms with Crippen molar-refractivity contribution in [2.24, 2.45) is 0 Å². The van der Waals surface area contributed by atoms with Crippen molar-refractivity contribution in [2.45, 2.75) is 59.2 Å². The maximum absolute atomic E-state index is 12.0. The molecule has 6 heteroatoms. The zero-order valence-corrected chi connectivity index (χ0v) is 16.3. The van der Waals surface area contributed by atoms with Crippen LogP contribution in [0.3, 0.4) is 0 Å². The van der Waals surface area contributed by atoms with E-state index in [1.807, 2.05) is 70.7 Å². The molecule has 25 heavy (non-hydrogen) atoms. The second-order valence-corrected chi connectivity index (χ2v) is 7.33. The van der Waals surface area contributed by atoms with Gasteiger partial charge in [-0.1, -0.05) is 12.1 Å². The van der Waals surface area contributed by atoms with Crippen molar-refractivity contribution in [1.29, 1.82) is 0 Å². The Morgan fingerprint density at radius 2 is 1.72 bits per heavy atom. The molecular weight excluding hydrogens is 317 g/mol. The van der Waals surface area contributed by atoms with Gasteiger partial charge in [0.2, 0.25) is 5.91 Å². The van der Waals surface area contributed by atoms with Gasteiger partial charge in [-0.05, 0) is 59.1 Å². The van der Waals surface area contributed by atoms with Crippen molar-refractivity contribution >= 4 is 18.5 Å². The SMILES string of the molecule is CCN(CC)C(=O)CCOc1cccc(B2OC(C)(C)C(C)(C)O2)c1. The summed E-state index contributed by atoms with van der Waals surface area (Å²) in [6.07, 6.45) is 0.377. The Labute approximate surface area is 151 Å². The van der Waals surface area contributed by atoms with E-state index in [4.69, 9.17) is 14.0 Å². The van der Waals surface area contributed by atoms with Crippen molar-refractivity contribution in [3.8, 4) is 5.75 Å². The van der Waals surface area contributed by atoms with E-state index >= 15 is 0 Å². The third-order valence-corrected chi connectivity index (χ3v) is 5.08. The first kappa shape index (κ1) is 19.8. The summed E-state index contributed by atoms with van der Waals surface area (Å²) >= 11 is 0. The number of carbonyl (C=O) groups excluding carboxylic acids is 1. The zero-order chi connectivity index (χ0) is 18.7. The topological polar surface area (TPSA) is 48.0 Å². The third-order valence-electron chi connectivity index (χ3n) is 5.08. The molecule has 0 aliphatic carbocycles. The molecular formula is C19H30BNO4. The van der Waals surface area contributed by atoms with Crippen LogP contribution >= 0.6 is 0 Å². The van der Waals surface area contributed by atoms with Crippen LogP contribution in [0, 0.1) is 0 Å². The number of amides is 1. The number of nitrogens with zero attached hydrogens (tertiary/aromatic N) is 1. The standard InChI is InChI=1S/C19H30BNO4/c1-7-21(8-2)17(22)12-13-23-16-11-9-10-15(14-16)20-24-18(3,4)19(5,6)25-20/h9-11,14H,7-8,12-13H2,1-6H3. The Balaban J connectivity index is 1.95. The van der Waals surface area contributed by atoms with E-state index in [0.717, 1.165) is 24.3 Å². The molecule has 5 nitrogen and oxygen atoms in total. The highest BCUT2D eigenvalue weighted by Gasteiger charge is 2.51. The Kier molecular flexibility index (Phi) is 6.17. The molecule has 0 unspecified atom stereocenters. The van der Waals surface area contributed by atoms with Crippen molar-refractivity contribution in [3.05, 3.63) is 24.3 Å². The molecule has 0 atom stereocenters. The van der Waals surface area contributed by atoms with Crippen LogP contribution in [0.1, 0.15) is 48.0 Å². The summed E-state index contributed by atoms with van der Waals surface area (Å²) in [4.78, 5) is 13.8. The number of ether oxygens (including phenoxy) is 1. The van der Waals surface area contributed by atoms with Crippen LogP contribution in [-0.2, 0) is 14.1 Å². The first-order chi connectivity index (χ1) is 11.7. The average Bonchev–Trinajstić information content (AvgIpc) is 2.77. The Morgan fingerprint density at radius 1 is 1.12 bits per heavy atom. The second-order valence-electron chi connectivity index (χ2n) is 7.33. The van der Waals surface area contributed by atoms with Crippen molar-refractivity contribution < 1.29 is 18.8 Å². The maximum Gasteiger partial charge on any atom is 0.494 e. The smallest absolute Gasteiger partial charge is 0.493 e. The van der Waals surface area contributed by atoms with Gasteiger partial charge in [0, 0.05) is 13.1 Å². The van der Waals surface area contributed by atoms with Gasteiger partial charge in [0.05, 0.1) is 24.2 Å². The molecule has 1 saturated heterocycles. The fraction of sp³-hybridized carbons (Fsp3) is 0.632. The highest BCUT2D eigenvalue weighted by molar-refractivity contribution is 6.62. The Bertz CT molecular complexity index is 583. The second kappa shape index (κ2) is 7.79. The predicted molar refractivity (Wildman–Crippen MR) is 100 cm³/mol. The van der Waals surface area contributed by atoms with Gasteiger partial charge in [-0.2, -0.15) is 0 Å². The lowest BCUT2D eigenvalue weighted by Crippen LogP contribution is -2.41. The molecule has 0 spiro atoms. The van der Waals surface area contributed by atoms with Crippen LogP contribution in [0.4, 0.5) is 0 Å². The van der Waals surface area contributed by atoms with Crippen LogP contribution in [0.15, 0.2) is 24.3 Å². The van der Waals surface area contributed by atoms with Crippen molar-refractivity contribution in [1.82, 2.24) is 4.90 Å². The molecule has 2 rings (SSSR count). The van der Waals surface area contributed by atoms with E-state index in [1.54, 1.807) is 0 Å². The molecule has 1 aliphatic rings. The number of rotatable bonds is 7. The minimum absolute atomic E-state index is 0.118. The lowest BCUT2D eigenvalue weighted by atomic mass is 9.79. The molecule has 0 aromatic heterocycles. The maximum atomic E-state index is 12.0. The van der Waals surface area contributed by atoms with Crippen LogP contribution in [0.25, 0.3) is 0 Å². The van der Waals surface area contributed by atoms with Gasteiger partial charge in [0.15, 0.2) is 0 Å². The van der Waals surface area contributed by atoms with Crippen LogP contribution in [0.2, 0.25) is 0 Å². The highest BCUT2D eigenvalue weighted by atomic mass is 16.7. The van der Waals surface area contributed by atoms with Gasteiger partial charge in [0.1, 0.15) is 5.75 Å². The summed E-state index contributed by atoms with van der Waals surface area (Å²) in [7, 11) is -0.411. The third kappa shape index (κ3) is 4.56. The lowest BCUT2D eigenvalue weighted by molar-refractivity contribution is -0.131. The average molecular weight is 347 g/mol. The minimum atomic E-state index is -0.411. The number of hydrogen-bond donors (Lipinski definition) is 0. The summed E-state index contributed by atoms with van der Waals surface area (Å²) in [5, 5.41) is 0. The van der Waals surface area contributed by atoms with Gasteiger partial charge in [-0.25, -0.2) is 0 Å². The largest absolute Gasteiger partial charge is 0.494 e. The first-order valence-electron chi connectivity index (χ1n) is 9.06. The molecule has 1 heterocycles. The van der Waals surface area contributed by atoms with Gasteiger partial charge in [-0.15, -0.1) is 0 Å². The van der Waals surface area contributed by atoms with E-state index < -0.39 is 7.12 Å². The van der Waals surface area contributed by atoms with E-state index in [-0.39, 0.29) is 17.1 Å². The van der Waals surface area contributed by atoms with Gasteiger partial charge < -0.3 is 18.9 Å². The van der Waals surface area contributed by atoms with E-state index in [9.17, 15) is 4.79 Å². The van der Waals surface area contributed by atoms with Crippen LogP contribution in [0.5, 0.6) is 5.75 Å². The van der Waals surface area contributed by atoms with E-state index in [1.165, 1.54) is 0 Å². The molecule has 1 aromatic carbocycles. The lowest BCUT2D eigenvalue weighted by Gasteiger charge is -2.32. The predicted octanol–water partition coefficient (Wildman–Crippen LogP) is 2.62. The Morgan fingerprint density at radius 3 is 2.28 bits per heavy atom. The molecule has 0 radical (unpaired) electrons. The van der Waals surface area contributed by atoms with E-state index in [0.29, 0.717) is 13.0 Å². The molecule has 1 amide bonds. The van der Waals surface area contributed by atoms with Gasteiger partial charge >= 0.3 is 7.12 Å². The van der Waals surface area contributed by atoms with Crippen LogP contribution < -0.4 is 10.2 Å². The summed E-state index contributed by atoms with van der Waals surface area (Å²) in [6, 6.07) is 7.69. The number of carbonyl (C=O) groups is 1. The molecule has 138 valence electrons. The zero-order valence-electron chi connectivity index (χ0n) is 16.3. The van der Waals surface area contributed by atoms with Gasteiger partial charge in [-0.3, -0.25) is 4.79 Å². The Hall–Kier alpha value is -1.53. The summed E-state index contributed by atoms with van der Waals surface area (Å²) < 4.78 is 17.9. The molecule has 0 N–H and O–H groups in total. The normalized spacial score (nSPS) is 18.2. The first-order valence-corrected chi connectivity index (χ1v) is 9.06. The number of benzene rings is 1. The molecule has 1 aromatic rings. The number of hydrogen-bond acceptors (Lipinski definition) is 4. The quantitative estimate of drug-likeness (QED) is 0.712. The molecule has 1 fully saturated rings. The van der Waals surface area contributed by atoms with Crippen molar-refractivity contribution in [3.63, 3.8) is 0 Å². The summed E-state index contributed by atoms with van der Waals surface area (Å²) in [6.45, 7) is 13.9. The summed E-state index contributed by atoms with van der Waals surface area (Å²) in [5.74, 6) is 0.840. The van der Waals surface area contributed by atoms with Crippen molar-refractivity contribution in [2.75, 3.05) is 19.7 Å². The fourth-order valence-corrected chi connectivity index (χ4v) is 2.72. The molecule has 0 saturated carbocycles. The van der Waals surface area contributed by atoms with Gasteiger partial charge in [0.25, 0.3) is 0 Å². The van der Waals surface area contributed by atoms with Crippen LogP contribution in [-0.4, -0.2) is 48.8 Å². The monoisotopic (exact) mass is 347 g/mol. The molecule has 1 aliphatic heterocycles. The molecule has 0 bridgehead atoms. The highest BCUT2D eigenvalue weighted by Crippen LogP contribution is 2.36. The summed E-state index contributed by atoms with van der Waals surface area (Å²) in [5.41, 5.74) is 0.182. The van der Waals surface area contributed by atoms with E-state index in [2.05, 4.69) is 0 Å².